The number of carbonyl (C=O) groups excluding carboxylic acids is 1. The lowest BCUT2D eigenvalue weighted by atomic mass is 10.1. The molecule has 0 saturated carbocycles. The average Bonchev–Trinajstić information content (AvgIpc) is 3.08. The number of likely N-dealkylation sites (tertiary alicyclic amines) is 1. The molecule has 2 atom stereocenters. The first-order valence-electron chi connectivity index (χ1n) is 9.03. The van der Waals surface area contributed by atoms with Gasteiger partial charge in [-0.2, -0.15) is 0 Å². The number of fused-ring (bicyclic) bond motifs is 1. The van der Waals surface area contributed by atoms with Crippen molar-refractivity contribution >= 4 is 5.91 Å². The molecular weight excluding hydrogens is 328 g/mol. The highest BCUT2D eigenvalue weighted by molar-refractivity contribution is 5.78. The van der Waals surface area contributed by atoms with Gasteiger partial charge < -0.3 is 14.4 Å². The Morgan fingerprint density at radius 1 is 1.00 bits per heavy atom. The van der Waals surface area contributed by atoms with Gasteiger partial charge in [0.25, 0.3) is 0 Å². The van der Waals surface area contributed by atoms with E-state index in [9.17, 15) is 4.79 Å². The van der Waals surface area contributed by atoms with Crippen LogP contribution in [0.2, 0.25) is 0 Å². The molecule has 2 unspecified atom stereocenters. The highest BCUT2D eigenvalue weighted by Gasteiger charge is 2.42. The van der Waals surface area contributed by atoms with E-state index in [1.54, 1.807) is 7.11 Å². The summed E-state index contributed by atoms with van der Waals surface area (Å²) in [7, 11) is 1.66. The second-order valence-electron chi connectivity index (χ2n) is 6.97. The van der Waals surface area contributed by atoms with Crippen LogP contribution in [0.5, 0.6) is 5.75 Å². The van der Waals surface area contributed by atoms with Gasteiger partial charge in [-0.25, -0.2) is 0 Å². The van der Waals surface area contributed by atoms with Crippen LogP contribution in [0.25, 0.3) is 0 Å². The zero-order valence-corrected chi connectivity index (χ0v) is 15.0. The molecular formula is C21H24N2O3. The average molecular weight is 352 g/mol. The third-order valence-electron chi connectivity index (χ3n) is 5.22. The number of rotatable bonds is 5. The van der Waals surface area contributed by atoms with Crippen molar-refractivity contribution in [3.05, 3.63) is 65.7 Å². The number of hydrogen-bond acceptors (Lipinski definition) is 4. The monoisotopic (exact) mass is 352 g/mol. The molecule has 2 fully saturated rings. The third-order valence-corrected chi connectivity index (χ3v) is 5.22. The number of nitrogens with zero attached hydrogens (tertiary/aromatic N) is 2. The standard InChI is InChI=1S/C21H24N2O3/c1-25-18-9-7-17(8-10-18)12-23-19-13-22(11-16-5-3-2-4-6-16)14-20(19)26-15-21(23)24/h2-10,19-20H,11-15H2,1H3. The van der Waals surface area contributed by atoms with Gasteiger partial charge in [0.1, 0.15) is 12.4 Å². The van der Waals surface area contributed by atoms with E-state index in [1.807, 2.05) is 35.2 Å². The summed E-state index contributed by atoms with van der Waals surface area (Å²) in [6, 6.07) is 18.5. The van der Waals surface area contributed by atoms with Gasteiger partial charge in [0, 0.05) is 26.2 Å². The number of hydrogen-bond donors (Lipinski definition) is 0. The first-order valence-corrected chi connectivity index (χ1v) is 9.03. The lowest BCUT2D eigenvalue weighted by Crippen LogP contribution is -2.53. The first kappa shape index (κ1) is 17.1. The van der Waals surface area contributed by atoms with Crippen LogP contribution in [0.4, 0.5) is 0 Å². The van der Waals surface area contributed by atoms with Crippen LogP contribution in [-0.4, -0.2) is 54.7 Å². The van der Waals surface area contributed by atoms with Crippen LogP contribution in [0.3, 0.4) is 0 Å². The number of amides is 1. The van der Waals surface area contributed by atoms with Crippen molar-refractivity contribution in [1.29, 1.82) is 0 Å². The number of carbonyl (C=O) groups is 1. The van der Waals surface area contributed by atoms with Crippen LogP contribution in [0.1, 0.15) is 11.1 Å². The van der Waals surface area contributed by atoms with Crippen LogP contribution >= 0.6 is 0 Å². The number of ether oxygens (including phenoxy) is 2. The van der Waals surface area contributed by atoms with Gasteiger partial charge in [-0.15, -0.1) is 0 Å². The van der Waals surface area contributed by atoms with E-state index in [4.69, 9.17) is 9.47 Å². The van der Waals surface area contributed by atoms with Crippen molar-refractivity contribution in [3.63, 3.8) is 0 Å². The highest BCUT2D eigenvalue weighted by atomic mass is 16.5. The summed E-state index contributed by atoms with van der Waals surface area (Å²) in [4.78, 5) is 16.9. The molecule has 2 saturated heterocycles. The fourth-order valence-corrected chi connectivity index (χ4v) is 3.85. The summed E-state index contributed by atoms with van der Waals surface area (Å²) in [5, 5.41) is 0. The minimum absolute atomic E-state index is 0.0728. The Kier molecular flexibility index (Phi) is 4.91. The molecule has 2 aliphatic heterocycles. The predicted octanol–water partition coefficient (Wildman–Crippen LogP) is 2.31. The molecule has 26 heavy (non-hydrogen) atoms. The summed E-state index contributed by atoms with van der Waals surface area (Å²) in [5.74, 6) is 0.901. The molecule has 2 heterocycles. The van der Waals surface area contributed by atoms with Crippen molar-refractivity contribution < 1.29 is 14.3 Å². The van der Waals surface area contributed by atoms with Gasteiger partial charge in [0.2, 0.25) is 5.91 Å². The third kappa shape index (κ3) is 3.59. The van der Waals surface area contributed by atoms with Crippen molar-refractivity contribution in [2.45, 2.75) is 25.2 Å². The Morgan fingerprint density at radius 2 is 1.73 bits per heavy atom. The van der Waals surface area contributed by atoms with E-state index in [0.717, 1.165) is 30.9 Å². The minimum atomic E-state index is 0.0728. The summed E-state index contributed by atoms with van der Waals surface area (Å²) in [6.45, 7) is 3.40. The smallest absolute Gasteiger partial charge is 0.249 e. The Morgan fingerprint density at radius 3 is 2.46 bits per heavy atom. The molecule has 1 amide bonds. The van der Waals surface area contributed by atoms with Crippen molar-refractivity contribution in [1.82, 2.24) is 9.80 Å². The van der Waals surface area contributed by atoms with Gasteiger partial charge in [0.05, 0.1) is 19.3 Å². The van der Waals surface area contributed by atoms with Gasteiger partial charge in [-0.3, -0.25) is 9.69 Å². The Bertz CT molecular complexity index is 748. The molecule has 0 bridgehead atoms. The van der Waals surface area contributed by atoms with Crippen LogP contribution < -0.4 is 4.74 Å². The van der Waals surface area contributed by atoms with E-state index in [0.29, 0.717) is 6.54 Å². The normalized spacial score (nSPS) is 23.1. The highest BCUT2D eigenvalue weighted by Crippen LogP contribution is 2.26. The quantitative estimate of drug-likeness (QED) is 0.828. The van der Waals surface area contributed by atoms with Crippen LogP contribution in [0.15, 0.2) is 54.6 Å². The van der Waals surface area contributed by atoms with Gasteiger partial charge in [-0.05, 0) is 23.3 Å². The van der Waals surface area contributed by atoms with E-state index in [-0.39, 0.29) is 24.7 Å². The van der Waals surface area contributed by atoms with Crippen molar-refractivity contribution in [2.24, 2.45) is 0 Å². The SMILES string of the molecule is COc1ccc(CN2C(=O)COC3CN(Cc4ccccc4)CC32)cc1. The van der Waals surface area contributed by atoms with Crippen LogP contribution in [0, 0.1) is 0 Å². The Hall–Kier alpha value is -2.37. The number of morpholine rings is 1. The molecule has 0 aliphatic carbocycles. The predicted molar refractivity (Wildman–Crippen MR) is 98.8 cm³/mol. The zero-order chi connectivity index (χ0) is 17.9. The maximum atomic E-state index is 12.5. The summed E-state index contributed by atoms with van der Waals surface area (Å²) >= 11 is 0. The zero-order valence-electron chi connectivity index (χ0n) is 15.0. The first-order chi connectivity index (χ1) is 12.7. The summed E-state index contributed by atoms with van der Waals surface area (Å²) < 4.78 is 11.0. The fourth-order valence-electron chi connectivity index (χ4n) is 3.85. The maximum Gasteiger partial charge on any atom is 0.249 e. The minimum Gasteiger partial charge on any atom is -0.497 e. The van der Waals surface area contributed by atoms with Gasteiger partial charge in [-0.1, -0.05) is 42.5 Å². The van der Waals surface area contributed by atoms with Gasteiger partial charge in [0.15, 0.2) is 0 Å². The molecule has 5 heteroatoms. The molecule has 2 aliphatic rings. The van der Waals surface area contributed by atoms with E-state index >= 15 is 0 Å². The molecule has 2 aromatic carbocycles. The van der Waals surface area contributed by atoms with Crippen LogP contribution in [-0.2, 0) is 22.6 Å². The molecule has 0 radical (unpaired) electrons. The van der Waals surface area contributed by atoms with E-state index in [2.05, 4.69) is 29.2 Å². The topological polar surface area (TPSA) is 42.0 Å². The second kappa shape index (κ2) is 7.48. The molecule has 5 nitrogen and oxygen atoms in total. The molecule has 0 N–H and O–H groups in total. The number of methoxy groups -OCH3 is 1. The lowest BCUT2D eigenvalue weighted by Gasteiger charge is -2.36. The Balaban J connectivity index is 1.45. The van der Waals surface area contributed by atoms with E-state index < -0.39 is 0 Å². The largest absolute Gasteiger partial charge is 0.497 e. The second-order valence-corrected chi connectivity index (χ2v) is 6.97. The summed E-state index contributed by atoms with van der Waals surface area (Å²) in [6.07, 6.45) is 0.0923. The molecule has 0 aromatic heterocycles. The summed E-state index contributed by atoms with van der Waals surface area (Å²) in [5.41, 5.74) is 2.40. The maximum absolute atomic E-state index is 12.5. The number of benzene rings is 2. The van der Waals surface area contributed by atoms with Gasteiger partial charge >= 0.3 is 0 Å². The Labute approximate surface area is 154 Å². The molecule has 4 rings (SSSR count). The lowest BCUT2D eigenvalue weighted by molar-refractivity contribution is -0.153. The molecule has 0 spiro atoms. The fraction of sp³-hybridized carbons (Fsp3) is 0.381. The van der Waals surface area contributed by atoms with E-state index in [1.165, 1.54) is 5.56 Å². The van der Waals surface area contributed by atoms with Crippen molar-refractivity contribution in [3.8, 4) is 5.75 Å². The van der Waals surface area contributed by atoms with Crippen molar-refractivity contribution in [2.75, 3.05) is 26.8 Å². The molecule has 2 aromatic rings. The molecule has 136 valence electrons.